The second-order valence-electron chi connectivity index (χ2n) is 5.98. The van der Waals surface area contributed by atoms with E-state index in [4.69, 9.17) is 9.72 Å². The molecular formula is C17H28N2O2S. The normalized spacial score (nSPS) is 16.0. The molecule has 2 rings (SSSR count). The molecule has 0 N–H and O–H groups in total. The number of esters is 1. The maximum atomic E-state index is 11.4. The van der Waals surface area contributed by atoms with E-state index < -0.39 is 0 Å². The third kappa shape index (κ3) is 4.51. The van der Waals surface area contributed by atoms with Gasteiger partial charge in [0.25, 0.3) is 0 Å². The summed E-state index contributed by atoms with van der Waals surface area (Å²) >= 11 is 1.78. The molecule has 1 heterocycles. The van der Waals surface area contributed by atoms with Gasteiger partial charge in [0.1, 0.15) is 0 Å². The van der Waals surface area contributed by atoms with Crippen molar-refractivity contribution < 1.29 is 9.53 Å². The Hall–Kier alpha value is -0.970. The summed E-state index contributed by atoms with van der Waals surface area (Å²) in [4.78, 5) is 16.1. The van der Waals surface area contributed by atoms with Crippen LogP contribution in [0.5, 0.6) is 0 Å². The van der Waals surface area contributed by atoms with Crippen LogP contribution in [0.25, 0.3) is 0 Å². The standard InChI is InChI=1S/C17H28N2O2S/c1-4-21-16(20)11-8-12-22-17-18-13(2)14(3)19(17)15-9-6-5-7-10-15/h15H,4-12H2,1-3H3. The van der Waals surface area contributed by atoms with Crippen LogP contribution in [-0.2, 0) is 9.53 Å². The minimum absolute atomic E-state index is 0.0916. The second-order valence-corrected chi connectivity index (χ2v) is 7.05. The molecule has 1 aliphatic carbocycles. The van der Waals surface area contributed by atoms with Crippen LogP contribution < -0.4 is 0 Å². The summed E-state index contributed by atoms with van der Waals surface area (Å²) in [6.07, 6.45) is 7.91. The van der Waals surface area contributed by atoms with Crippen molar-refractivity contribution >= 4 is 17.7 Å². The molecule has 0 radical (unpaired) electrons. The van der Waals surface area contributed by atoms with E-state index in [1.165, 1.54) is 37.8 Å². The molecule has 0 aliphatic heterocycles. The molecule has 1 aromatic heterocycles. The zero-order valence-electron chi connectivity index (χ0n) is 14.1. The Kier molecular flexibility index (Phi) is 6.80. The first-order valence-electron chi connectivity index (χ1n) is 8.47. The SMILES string of the molecule is CCOC(=O)CCCSc1nc(C)c(C)n1C1CCCCC1. The van der Waals surface area contributed by atoms with E-state index in [9.17, 15) is 4.79 Å². The van der Waals surface area contributed by atoms with Crippen LogP contribution in [0.15, 0.2) is 5.16 Å². The van der Waals surface area contributed by atoms with Gasteiger partial charge in [-0.3, -0.25) is 4.79 Å². The zero-order chi connectivity index (χ0) is 15.9. The Morgan fingerprint density at radius 3 is 2.73 bits per heavy atom. The van der Waals surface area contributed by atoms with Gasteiger partial charge in [-0.25, -0.2) is 4.98 Å². The lowest BCUT2D eigenvalue weighted by Crippen LogP contribution is -2.15. The van der Waals surface area contributed by atoms with Gasteiger partial charge in [-0.1, -0.05) is 31.0 Å². The van der Waals surface area contributed by atoms with Crippen molar-refractivity contribution in [2.24, 2.45) is 0 Å². The Balaban J connectivity index is 1.92. The zero-order valence-corrected chi connectivity index (χ0v) is 14.9. The van der Waals surface area contributed by atoms with Crippen LogP contribution in [0.2, 0.25) is 0 Å². The minimum atomic E-state index is -0.0916. The first kappa shape index (κ1) is 17.4. The maximum Gasteiger partial charge on any atom is 0.305 e. The molecule has 1 saturated carbocycles. The van der Waals surface area contributed by atoms with Crippen LogP contribution in [0.4, 0.5) is 0 Å². The van der Waals surface area contributed by atoms with E-state index >= 15 is 0 Å². The number of hydrogen-bond donors (Lipinski definition) is 0. The van der Waals surface area contributed by atoms with Crippen LogP contribution >= 0.6 is 11.8 Å². The summed E-state index contributed by atoms with van der Waals surface area (Å²) in [6, 6.07) is 0.613. The molecule has 5 heteroatoms. The predicted molar refractivity (Wildman–Crippen MR) is 90.4 cm³/mol. The lowest BCUT2D eigenvalue weighted by atomic mass is 9.95. The number of nitrogens with zero attached hydrogens (tertiary/aromatic N) is 2. The van der Waals surface area contributed by atoms with Crippen LogP contribution in [0, 0.1) is 13.8 Å². The Morgan fingerprint density at radius 2 is 2.05 bits per heavy atom. The largest absolute Gasteiger partial charge is 0.466 e. The Labute approximate surface area is 138 Å². The third-order valence-electron chi connectivity index (χ3n) is 4.36. The van der Waals surface area contributed by atoms with Crippen LogP contribution in [-0.4, -0.2) is 27.9 Å². The van der Waals surface area contributed by atoms with Crippen molar-refractivity contribution in [3.63, 3.8) is 0 Å². The molecule has 124 valence electrons. The lowest BCUT2D eigenvalue weighted by Gasteiger charge is -2.26. The van der Waals surface area contributed by atoms with Crippen LogP contribution in [0.1, 0.15) is 69.3 Å². The van der Waals surface area contributed by atoms with Gasteiger partial charge in [0, 0.05) is 23.9 Å². The number of carbonyl (C=O) groups excluding carboxylic acids is 1. The summed E-state index contributed by atoms with van der Waals surface area (Å²) in [5.41, 5.74) is 2.44. The number of hydrogen-bond acceptors (Lipinski definition) is 4. The van der Waals surface area contributed by atoms with Gasteiger partial charge in [0.2, 0.25) is 0 Å². The molecule has 0 unspecified atom stereocenters. The quantitative estimate of drug-likeness (QED) is 0.422. The van der Waals surface area contributed by atoms with Gasteiger partial charge in [-0.2, -0.15) is 0 Å². The number of thioether (sulfide) groups is 1. The van der Waals surface area contributed by atoms with E-state index in [-0.39, 0.29) is 5.97 Å². The van der Waals surface area contributed by atoms with Crippen molar-refractivity contribution in [1.29, 1.82) is 0 Å². The number of aromatic nitrogens is 2. The molecule has 0 saturated heterocycles. The number of carbonyl (C=O) groups is 1. The van der Waals surface area contributed by atoms with Crippen molar-refractivity contribution in [3.8, 4) is 0 Å². The van der Waals surface area contributed by atoms with E-state index in [1.54, 1.807) is 11.8 Å². The molecule has 1 fully saturated rings. The highest BCUT2D eigenvalue weighted by atomic mass is 32.2. The van der Waals surface area contributed by atoms with Gasteiger partial charge in [0.05, 0.1) is 12.3 Å². The summed E-state index contributed by atoms with van der Waals surface area (Å²) in [5, 5.41) is 1.13. The van der Waals surface area contributed by atoms with Crippen molar-refractivity contribution in [1.82, 2.24) is 9.55 Å². The molecular weight excluding hydrogens is 296 g/mol. The highest BCUT2D eigenvalue weighted by Gasteiger charge is 2.21. The first-order valence-corrected chi connectivity index (χ1v) is 9.46. The van der Waals surface area contributed by atoms with Gasteiger partial charge in [0.15, 0.2) is 5.16 Å². The average Bonchev–Trinajstić information content (AvgIpc) is 2.80. The van der Waals surface area contributed by atoms with Crippen molar-refractivity contribution in [3.05, 3.63) is 11.4 Å². The highest BCUT2D eigenvalue weighted by molar-refractivity contribution is 7.99. The molecule has 1 aliphatic rings. The highest BCUT2D eigenvalue weighted by Crippen LogP contribution is 2.34. The Bertz CT molecular complexity index is 493. The van der Waals surface area contributed by atoms with E-state index in [2.05, 4.69) is 18.4 Å². The number of rotatable bonds is 7. The van der Waals surface area contributed by atoms with Gasteiger partial charge < -0.3 is 9.30 Å². The smallest absolute Gasteiger partial charge is 0.305 e. The predicted octanol–water partition coefficient (Wildman–Crippen LogP) is 4.44. The number of aryl methyl sites for hydroxylation is 1. The van der Waals surface area contributed by atoms with Crippen LogP contribution in [0.3, 0.4) is 0 Å². The fourth-order valence-corrected chi connectivity index (χ4v) is 4.18. The summed E-state index contributed by atoms with van der Waals surface area (Å²) in [6.45, 7) is 6.59. The summed E-state index contributed by atoms with van der Waals surface area (Å²) < 4.78 is 7.42. The second kappa shape index (κ2) is 8.61. The number of ether oxygens (including phenoxy) is 1. The fourth-order valence-electron chi connectivity index (χ4n) is 3.08. The average molecular weight is 324 g/mol. The number of imidazole rings is 1. The minimum Gasteiger partial charge on any atom is -0.466 e. The summed E-state index contributed by atoms with van der Waals surface area (Å²) in [7, 11) is 0. The van der Waals surface area contributed by atoms with Gasteiger partial charge in [-0.05, 0) is 40.0 Å². The lowest BCUT2D eigenvalue weighted by molar-refractivity contribution is -0.143. The molecule has 0 aromatic carbocycles. The molecule has 0 spiro atoms. The van der Waals surface area contributed by atoms with Crippen molar-refractivity contribution in [2.75, 3.05) is 12.4 Å². The molecule has 0 atom stereocenters. The van der Waals surface area contributed by atoms with E-state index in [0.29, 0.717) is 19.1 Å². The molecule has 4 nitrogen and oxygen atoms in total. The third-order valence-corrected chi connectivity index (χ3v) is 5.39. The van der Waals surface area contributed by atoms with Gasteiger partial charge >= 0.3 is 5.97 Å². The van der Waals surface area contributed by atoms with Crippen molar-refractivity contribution in [2.45, 2.75) is 76.9 Å². The molecule has 1 aromatic rings. The fraction of sp³-hybridized carbons (Fsp3) is 0.765. The first-order chi connectivity index (χ1) is 10.6. The van der Waals surface area contributed by atoms with Gasteiger partial charge in [-0.15, -0.1) is 0 Å². The van der Waals surface area contributed by atoms with E-state index in [0.717, 1.165) is 23.0 Å². The molecule has 0 amide bonds. The monoisotopic (exact) mass is 324 g/mol. The molecule has 0 bridgehead atoms. The molecule has 22 heavy (non-hydrogen) atoms. The summed E-state index contributed by atoms with van der Waals surface area (Å²) in [5.74, 6) is 0.826. The maximum absolute atomic E-state index is 11.4. The topological polar surface area (TPSA) is 44.1 Å². The van der Waals surface area contributed by atoms with E-state index in [1.807, 2.05) is 6.92 Å². The Morgan fingerprint density at radius 1 is 1.32 bits per heavy atom.